The van der Waals surface area contributed by atoms with Crippen LogP contribution in [-0.2, 0) is 19.0 Å². The van der Waals surface area contributed by atoms with Crippen LogP contribution in [0.5, 0.6) is 0 Å². The summed E-state index contributed by atoms with van der Waals surface area (Å²) in [4.78, 5) is 11.8. The lowest BCUT2D eigenvalue weighted by Gasteiger charge is -2.34. The van der Waals surface area contributed by atoms with Gasteiger partial charge in [-0.05, 0) is 25.2 Å². The molecule has 5 unspecified atom stereocenters. The van der Waals surface area contributed by atoms with Crippen molar-refractivity contribution in [2.24, 2.45) is 5.92 Å². The van der Waals surface area contributed by atoms with Crippen LogP contribution in [0, 0.1) is 5.92 Å². The second kappa shape index (κ2) is 18.5. The Morgan fingerprint density at radius 1 is 0.857 bits per heavy atom. The number of unbranched alkanes of at least 4 members (excludes halogenated alkanes) is 4. The summed E-state index contributed by atoms with van der Waals surface area (Å²) in [7, 11) is 0. The van der Waals surface area contributed by atoms with Gasteiger partial charge in [-0.2, -0.15) is 0 Å². The number of carbonyl (C=O) groups excluding carboxylic acids is 1. The van der Waals surface area contributed by atoms with Crippen molar-refractivity contribution in [1.29, 1.82) is 0 Å². The SMILES string of the molecule is CCCCCOC(C=O)C(OCCCCC)C(OCC(C)CCC)C(O)CO. The monoisotopic (exact) mass is 404 g/mol. The van der Waals surface area contributed by atoms with Crippen molar-refractivity contribution in [1.82, 2.24) is 0 Å². The number of hydrogen-bond donors (Lipinski definition) is 2. The molecule has 0 rings (SSSR count). The van der Waals surface area contributed by atoms with E-state index in [2.05, 4.69) is 27.7 Å². The largest absolute Gasteiger partial charge is 0.394 e. The molecule has 0 aliphatic rings. The van der Waals surface area contributed by atoms with Gasteiger partial charge in [0.05, 0.1) is 6.61 Å². The molecule has 6 heteroatoms. The molecule has 0 aromatic heterocycles. The number of hydrogen-bond acceptors (Lipinski definition) is 6. The van der Waals surface area contributed by atoms with Crippen LogP contribution in [0.15, 0.2) is 0 Å². The number of aldehydes is 1. The van der Waals surface area contributed by atoms with E-state index < -0.39 is 31.0 Å². The Bertz CT molecular complexity index is 352. The molecule has 0 aromatic rings. The molecule has 0 aliphatic heterocycles. The molecule has 0 spiro atoms. The van der Waals surface area contributed by atoms with Crippen LogP contribution in [0.25, 0.3) is 0 Å². The molecule has 28 heavy (non-hydrogen) atoms. The van der Waals surface area contributed by atoms with Crippen molar-refractivity contribution >= 4 is 6.29 Å². The Balaban J connectivity index is 5.16. The predicted molar refractivity (Wildman–Crippen MR) is 111 cm³/mol. The molecule has 6 nitrogen and oxygen atoms in total. The first-order valence-electron chi connectivity index (χ1n) is 11.1. The van der Waals surface area contributed by atoms with Gasteiger partial charge in [-0.1, -0.05) is 59.8 Å². The van der Waals surface area contributed by atoms with E-state index in [9.17, 15) is 15.0 Å². The lowest BCUT2D eigenvalue weighted by atomic mass is 10.0. The number of carbonyl (C=O) groups is 1. The quantitative estimate of drug-likeness (QED) is 0.239. The van der Waals surface area contributed by atoms with Gasteiger partial charge in [-0.15, -0.1) is 0 Å². The molecule has 0 fully saturated rings. The Morgan fingerprint density at radius 3 is 1.96 bits per heavy atom. The Hall–Kier alpha value is -0.530. The van der Waals surface area contributed by atoms with E-state index in [1.54, 1.807) is 0 Å². The van der Waals surface area contributed by atoms with Gasteiger partial charge in [-0.3, -0.25) is 0 Å². The van der Waals surface area contributed by atoms with Gasteiger partial charge < -0.3 is 29.2 Å². The average molecular weight is 405 g/mol. The first-order chi connectivity index (χ1) is 13.5. The maximum atomic E-state index is 11.8. The second-order valence-electron chi connectivity index (χ2n) is 7.66. The number of rotatable bonds is 20. The summed E-state index contributed by atoms with van der Waals surface area (Å²) in [6.07, 6.45) is 5.18. The van der Waals surface area contributed by atoms with Crippen molar-refractivity contribution in [3.63, 3.8) is 0 Å². The average Bonchev–Trinajstić information content (AvgIpc) is 2.70. The molecule has 0 bridgehead atoms. The van der Waals surface area contributed by atoms with Gasteiger partial charge in [0.2, 0.25) is 0 Å². The summed E-state index contributed by atoms with van der Waals surface area (Å²) in [6, 6.07) is 0. The summed E-state index contributed by atoms with van der Waals surface area (Å²) in [5.74, 6) is 0.319. The minimum atomic E-state index is -1.13. The number of aliphatic hydroxyl groups is 2. The molecule has 2 N–H and O–H groups in total. The second-order valence-corrected chi connectivity index (χ2v) is 7.66. The molecule has 0 heterocycles. The molecule has 168 valence electrons. The molecule has 0 aliphatic carbocycles. The summed E-state index contributed by atoms with van der Waals surface area (Å²) >= 11 is 0. The third-order valence-electron chi connectivity index (χ3n) is 4.82. The smallest absolute Gasteiger partial charge is 0.151 e. The van der Waals surface area contributed by atoms with Crippen LogP contribution < -0.4 is 0 Å². The fourth-order valence-corrected chi connectivity index (χ4v) is 3.11. The molecular formula is C22H44O6. The topological polar surface area (TPSA) is 85.2 Å². The van der Waals surface area contributed by atoms with Gasteiger partial charge in [0.1, 0.15) is 24.4 Å². The van der Waals surface area contributed by atoms with E-state index in [1.165, 1.54) is 0 Å². The van der Waals surface area contributed by atoms with Crippen LogP contribution >= 0.6 is 0 Å². The van der Waals surface area contributed by atoms with Crippen molar-refractivity contribution < 1.29 is 29.2 Å². The fraction of sp³-hybridized carbons (Fsp3) is 0.955. The van der Waals surface area contributed by atoms with Crippen LogP contribution in [0.1, 0.15) is 79.1 Å². The zero-order chi connectivity index (χ0) is 21.2. The fourth-order valence-electron chi connectivity index (χ4n) is 3.11. The predicted octanol–water partition coefficient (Wildman–Crippen LogP) is 3.51. The van der Waals surface area contributed by atoms with Gasteiger partial charge in [0.25, 0.3) is 0 Å². The molecule has 0 amide bonds. The summed E-state index contributed by atoms with van der Waals surface area (Å²) in [5.41, 5.74) is 0. The highest BCUT2D eigenvalue weighted by atomic mass is 16.6. The van der Waals surface area contributed by atoms with E-state index in [1.807, 2.05) is 0 Å². The third-order valence-corrected chi connectivity index (χ3v) is 4.82. The molecule has 5 atom stereocenters. The lowest BCUT2D eigenvalue weighted by Crippen LogP contribution is -2.51. The van der Waals surface area contributed by atoms with E-state index in [0.29, 0.717) is 25.7 Å². The van der Waals surface area contributed by atoms with E-state index in [-0.39, 0.29) is 0 Å². The zero-order valence-corrected chi connectivity index (χ0v) is 18.5. The molecular weight excluding hydrogens is 360 g/mol. The highest BCUT2D eigenvalue weighted by Gasteiger charge is 2.36. The lowest BCUT2D eigenvalue weighted by molar-refractivity contribution is -0.178. The minimum Gasteiger partial charge on any atom is -0.394 e. The van der Waals surface area contributed by atoms with Crippen LogP contribution in [0.2, 0.25) is 0 Å². The number of aliphatic hydroxyl groups excluding tert-OH is 2. The van der Waals surface area contributed by atoms with Crippen LogP contribution in [0.4, 0.5) is 0 Å². The third kappa shape index (κ3) is 12.1. The Kier molecular flexibility index (Phi) is 18.1. The normalized spacial score (nSPS) is 17.1. The minimum absolute atomic E-state index is 0.319. The summed E-state index contributed by atoms with van der Waals surface area (Å²) in [6.45, 7) is 9.32. The highest BCUT2D eigenvalue weighted by molar-refractivity contribution is 5.57. The maximum Gasteiger partial charge on any atom is 0.151 e. The Morgan fingerprint density at radius 2 is 1.46 bits per heavy atom. The van der Waals surface area contributed by atoms with Gasteiger partial charge >= 0.3 is 0 Å². The van der Waals surface area contributed by atoms with Crippen molar-refractivity contribution in [2.75, 3.05) is 26.4 Å². The molecule has 0 aromatic carbocycles. The maximum absolute atomic E-state index is 11.8. The standard InChI is InChI=1S/C22H44O6/c1-5-8-10-13-26-20(16-24)22(27-14-11-9-6-2)21(19(25)15-23)28-17-18(4)12-7-3/h16,18-23,25H,5-15,17H2,1-4H3. The zero-order valence-electron chi connectivity index (χ0n) is 18.5. The van der Waals surface area contributed by atoms with E-state index in [0.717, 1.165) is 57.7 Å². The molecule has 0 radical (unpaired) electrons. The van der Waals surface area contributed by atoms with Crippen molar-refractivity contribution in [3.05, 3.63) is 0 Å². The highest BCUT2D eigenvalue weighted by Crippen LogP contribution is 2.19. The number of ether oxygens (including phenoxy) is 3. The van der Waals surface area contributed by atoms with Crippen molar-refractivity contribution in [2.45, 2.75) is 103 Å². The Labute approximate surface area is 171 Å². The van der Waals surface area contributed by atoms with Gasteiger partial charge in [0.15, 0.2) is 6.29 Å². The summed E-state index contributed by atoms with van der Waals surface area (Å²) in [5, 5.41) is 19.9. The van der Waals surface area contributed by atoms with Gasteiger partial charge in [-0.25, -0.2) is 0 Å². The van der Waals surface area contributed by atoms with E-state index in [4.69, 9.17) is 14.2 Å². The molecule has 0 saturated heterocycles. The first kappa shape index (κ1) is 27.5. The van der Waals surface area contributed by atoms with Crippen LogP contribution in [-0.4, -0.2) is 67.3 Å². The first-order valence-corrected chi connectivity index (χ1v) is 11.1. The van der Waals surface area contributed by atoms with Crippen LogP contribution in [0.3, 0.4) is 0 Å². The van der Waals surface area contributed by atoms with Crippen molar-refractivity contribution in [3.8, 4) is 0 Å². The molecule has 0 saturated carbocycles. The van der Waals surface area contributed by atoms with Gasteiger partial charge in [0, 0.05) is 19.8 Å². The van der Waals surface area contributed by atoms with E-state index >= 15 is 0 Å². The summed E-state index contributed by atoms with van der Waals surface area (Å²) < 4.78 is 17.7.